The first-order chi connectivity index (χ1) is 12.6. The second-order valence-corrected chi connectivity index (χ2v) is 7.33. The highest BCUT2D eigenvalue weighted by molar-refractivity contribution is 7.19. The Morgan fingerprint density at radius 3 is 2.69 bits per heavy atom. The van der Waals surface area contributed by atoms with Crippen molar-refractivity contribution in [3.05, 3.63) is 75.4 Å². The van der Waals surface area contributed by atoms with Crippen molar-refractivity contribution in [2.24, 2.45) is 0 Å². The van der Waals surface area contributed by atoms with Gasteiger partial charge in [-0.15, -0.1) is 11.3 Å². The van der Waals surface area contributed by atoms with Crippen LogP contribution in [-0.4, -0.2) is 4.98 Å². The Morgan fingerprint density at radius 1 is 1.08 bits per heavy atom. The Labute approximate surface area is 163 Å². The topological polar surface area (TPSA) is 49.8 Å². The van der Waals surface area contributed by atoms with E-state index in [0.29, 0.717) is 32.1 Å². The fourth-order valence-electron chi connectivity index (χ4n) is 2.51. The quantitative estimate of drug-likeness (QED) is 0.352. The molecule has 0 saturated carbocycles. The van der Waals surface area contributed by atoms with Gasteiger partial charge in [-0.05, 0) is 42.5 Å². The first kappa shape index (κ1) is 16.9. The molecule has 0 unspecified atom stereocenters. The molecule has 2 heterocycles. The Morgan fingerprint density at radius 2 is 1.92 bits per heavy atom. The fourth-order valence-corrected chi connectivity index (χ4v) is 3.74. The standard InChI is InChI=1S/C20H10Cl2N2OS/c21-15-7-5-12(10-16(15)22)18-8-6-14(25-18)9-13(11-23)20-24-17-3-1-2-4-19(17)26-20/h1-10H/b13-9+. The van der Waals surface area contributed by atoms with Gasteiger partial charge in [0.1, 0.15) is 22.6 Å². The highest BCUT2D eigenvalue weighted by atomic mass is 35.5. The van der Waals surface area contributed by atoms with E-state index in [0.717, 1.165) is 15.8 Å². The summed E-state index contributed by atoms with van der Waals surface area (Å²) in [7, 11) is 0. The number of allylic oxidation sites excluding steroid dienone is 1. The molecule has 0 aliphatic carbocycles. The first-order valence-corrected chi connectivity index (χ1v) is 9.24. The van der Waals surface area contributed by atoms with Crippen LogP contribution in [0.1, 0.15) is 10.8 Å². The molecule has 0 bridgehead atoms. The van der Waals surface area contributed by atoms with E-state index in [4.69, 9.17) is 27.6 Å². The van der Waals surface area contributed by atoms with Crippen LogP contribution in [0.3, 0.4) is 0 Å². The van der Waals surface area contributed by atoms with Gasteiger partial charge < -0.3 is 4.42 Å². The minimum absolute atomic E-state index is 0.459. The van der Waals surface area contributed by atoms with Crippen LogP contribution in [0.15, 0.2) is 59.0 Å². The van der Waals surface area contributed by atoms with Crippen molar-refractivity contribution in [3.8, 4) is 17.4 Å². The number of para-hydroxylation sites is 1. The Balaban J connectivity index is 1.69. The molecule has 0 atom stereocenters. The molecule has 4 aromatic rings. The summed E-state index contributed by atoms with van der Waals surface area (Å²) in [5, 5.41) is 11.2. The van der Waals surface area contributed by atoms with Gasteiger partial charge in [0.15, 0.2) is 0 Å². The lowest BCUT2D eigenvalue weighted by Crippen LogP contribution is -1.79. The highest BCUT2D eigenvalue weighted by Crippen LogP contribution is 2.32. The number of thiazole rings is 1. The largest absolute Gasteiger partial charge is 0.457 e. The zero-order valence-electron chi connectivity index (χ0n) is 13.2. The number of benzene rings is 2. The molecule has 0 spiro atoms. The molecule has 0 saturated heterocycles. The van der Waals surface area contributed by atoms with Gasteiger partial charge in [-0.2, -0.15) is 5.26 Å². The molecule has 0 aliphatic rings. The lowest BCUT2D eigenvalue weighted by atomic mass is 10.2. The lowest BCUT2D eigenvalue weighted by Gasteiger charge is -1.99. The molecule has 0 aliphatic heterocycles. The summed E-state index contributed by atoms with van der Waals surface area (Å²) >= 11 is 13.5. The number of nitriles is 1. The smallest absolute Gasteiger partial charge is 0.135 e. The summed E-state index contributed by atoms with van der Waals surface area (Å²) in [6.07, 6.45) is 1.69. The molecule has 0 fully saturated rings. The molecule has 126 valence electrons. The maximum Gasteiger partial charge on any atom is 0.135 e. The molecule has 26 heavy (non-hydrogen) atoms. The Bertz CT molecular complexity index is 1150. The van der Waals surface area contributed by atoms with Crippen LogP contribution in [0.25, 0.3) is 33.2 Å². The van der Waals surface area contributed by atoms with Gasteiger partial charge in [0.25, 0.3) is 0 Å². The van der Waals surface area contributed by atoms with Gasteiger partial charge in [-0.1, -0.05) is 35.3 Å². The van der Waals surface area contributed by atoms with Crippen molar-refractivity contribution >= 4 is 56.4 Å². The minimum atomic E-state index is 0.459. The number of hydrogen-bond acceptors (Lipinski definition) is 4. The second-order valence-electron chi connectivity index (χ2n) is 5.49. The van der Waals surface area contributed by atoms with Crippen LogP contribution in [-0.2, 0) is 0 Å². The van der Waals surface area contributed by atoms with Crippen molar-refractivity contribution in [1.29, 1.82) is 5.26 Å². The number of halogens is 2. The summed E-state index contributed by atoms with van der Waals surface area (Å²) in [6.45, 7) is 0. The monoisotopic (exact) mass is 396 g/mol. The lowest BCUT2D eigenvalue weighted by molar-refractivity contribution is 0.572. The molecule has 0 radical (unpaired) electrons. The van der Waals surface area contributed by atoms with Crippen LogP contribution in [0, 0.1) is 11.3 Å². The SMILES string of the molecule is N#C/C(=C\c1ccc(-c2ccc(Cl)c(Cl)c2)o1)c1nc2ccccc2s1. The van der Waals surface area contributed by atoms with E-state index in [1.165, 1.54) is 11.3 Å². The number of aromatic nitrogens is 1. The predicted octanol–water partition coefficient (Wildman–Crippen LogP) is 6.93. The van der Waals surface area contributed by atoms with Gasteiger partial charge >= 0.3 is 0 Å². The van der Waals surface area contributed by atoms with Crippen LogP contribution >= 0.6 is 34.5 Å². The van der Waals surface area contributed by atoms with E-state index in [1.54, 1.807) is 18.2 Å². The predicted molar refractivity (Wildman–Crippen MR) is 107 cm³/mol. The highest BCUT2D eigenvalue weighted by Gasteiger charge is 2.11. The molecule has 0 amide bonds. The van der Waals surface area contributed by atoms with Gasteiger partial charge in [-0.25, -0.2) is 4.98 Å². The van der Waals surface area contributed by atoms with E-state index in [-0.39, 0.29) is 0 Å². The maximum absolute atomic E-state index is 9.53. The third kappa shape index (κ3) is 3.25. The summed E-state index contributed by atoms with van der Waals surface area (Å²) < 4.78 is 6.88. The van der Waals surface area contributed by atoms with Crippen LogP contribution in [0.4, 0.5) is 0 Å². The molecule has 4 rings (SSSR count). The second kappa shape index (κ2) is 6.97. The Kier molecular flexibility index (Phi) is 4.52. The normalized spacial score (nSPS) is 11.7. The number of fused-ring (bicyclic) bond motifs is 1. The van der Waals surface area contributed by atoms with Crippen LogP contribution in [0.5, 0.6) is 0 Å². The zero-order valence-corrected chi connectivity index (χ0v) is 15.6. The van der Waals surface area contributed by atoms with E-state index in [1.807, 2.05) is 42.5 Å². The van der Waals surface area contributed by atoms with E-state index in [9.17, 15) is 5.26 Å². The first-order valence-electron chi connectivity index (χ1n) is 7.67. The molecule has 2 aromatic carbocycles. The molecule has 3 nitrogen and oxygen atoms in total. The summed E-state index contributed by atoms with van der Waals surface area (Å²) in [5.74, 6) is 1.22. The number of hydrogen-bond donors (Lipinski definition) is 0. The van der Waals surface area contributed by atoms with E-state index < -0.39 is 0 Å². The fraction of sp³-hybridized carbons (Fsp3) is 0. The van der Waals surface area contributed by atoms with Crippen molar-refractivity contribution < 1.29 is 4.42 Å². The van der Waals surface area contributed by atoms with Gasteiger partial charge in [0.2, 0.25) is 0 Å². The van der Waals surface area contributed by atoms with Crippen molar-refractivity contribution in [3.63, 3.8) is 0 Å². The molecular weight excluding hydrogens is 387 g/mol. The van der Waals surface area contributed by atoms with Crippen molar-refractivity contribution in [1.82, 2.24) is 4.98 Å². The van der Waals surface area contributed by atoms with Gasteiger partial charge in [-0.3, -0.25) is 0 Å². The number of furan rings is 1. The van der Waals surface area contributed by atoms with Crippen molar-refractivity contribution in [2.45, 2.75) is 0 Å². The molecule has 2 aromatic heterocycles. The molecule has 6 heteroatoms. The zero-order chi connectivity index (χ0) is 18.1. The average molecular weight is 397 g/mol. The number of nitrogens with zero attached hydrogens (tertiary/aromatic N) is 2. The third-order valence-electron chi connectivity index (χ3n) is 3.76. The van der Waals surface area contributed by atoms with Gasteiger partial charge in [0.05, 0.1) is 25.8 Å². The summed E-state index contributed by atoms with van der Waals surface area (Å²) in [6, 6.07) is 18.9. The Hall–Kier alpha value is -2.58. The van der Waals surface area contributed by atoms with Crippen LogP contribution < -0.4 is 0 Å². The molecule has 0 N–H and O–H groups in total. The van der Waals surface area contributed by atoms with E-state index >= 15 is 0 Å². The van der Waals surface area contributed by atoms with Crippen LogP contribution in [0.2, 0.25) is 10.0 Å². The maximum atomic E-state index is 9.53. The molecular formula is C20H10Cl2N2OS. The number of rotatable bonds is 3. The minimum Gasteiger partial charge on any atom is -0.457 e. The summed E-state index contributed by atoms with van der Waals surface area (Å²) in [4.78, 5) is 4.52. The average Bonchev–Trinajstić information content (AvgIpc) is 3.28. The third-order valence-corrected chi connectivity index (χ3v) is 5.57. The van der Waals surface area contributed by atoms with Gasteiger partial charge in [0, 0.05) is 11.6 Å². The van der Waals surface area contributed by atoms with Crippen molar-refractivity contribution in [2.75, 3.05) is 0 Å². The van der Waals surface area contributed by atoms with E-state index in [2.05, 4.69) is 11.1 Å². The summed E-state index contributed by atoms with van der Waals surface area (Å²) in [5.41, 5.74) is 2.16.